The van der Waals surface area contributed by atoms with Gasteiger partial charge in [0.25, 0.3) is 0 Å². The molecule has 0 aromatic heterocycles. The van der Waals surface area contributed by atoms with Gasteiger partial charge < -0.3 is 24.6 Å². The number of benzene rings is 1. The van der Waals surface area contributed by atoms with E-state index in [0.29, 0.717) is 31.5 Å². The van der Waals surface area contributed by atoms with Crippen molar-refractivity contribution < 1.29 is 47.2 Å². The number of aliphatic hydroxyl groups is 1. The van der Waals surface area contributed by atoms with E-state index >= 15 is 0 Å². The van der Waals surface area contributed by atoms with E-state index in [1.54, 1.807) is 26.0 Å². The Balaban J connectivity index is 1.22. The minimum Gasteiger partial charge on any atom is -0.481 e. The van der Waals surface area contributed by atoms with Crippen LogP contribution in [-0.2, 0) is 25.7 Å². The molecule has 1 aromatic carbocycles. The maximum atomic E-state index is 14.8. The van der Waals surface area contributed by atoms with Gasteiger partial charge in [0.1, 0.15) is 11.9 Å². The Bertz CT molecular complexity index is 1840. The van der Waals surface area contributed by atoms with Crippen molar-refractivity contribution in [1.29, 1.82) is 0 Å². The summed E-state index contributed by atoms with van der Waals surface area (Å²) in [6.45, 7) is 21.4. The molecule has 0 saturated heterocycles. The second-order valence-corrected chi connectivity index (χ2v) is 22.2. The van der Waals surface area contributed by atoms with Crippen LogP contribution >= 0.6 is 0 Å². The summed E-state index contributed by atoms with van der Waals surface area (Å²) >= 11 is 0. The van der Waals surface area contributed by atoms with Crippen LogP contribution in [0.1, 0.15) is 126 Å². The second-order valence-electron chi connectivity index (χ2n) is 22.2. The van der Waals surface area contributed by atoms with E-state index in [2.05, 4.69) is 63.0 Å². The number of Topliss-reactive ketones (excluding diaryl/α,β-unsaturated/α-hetero) is 1. The number of halogens is 3. The molecule has 9 nitrogen and oxygen atoms in total. The first kappa shape index (κ1) is 47.5. The highest BCUT2D eigenvalue weighted by Crippen LogP contribution is 2.76. The van der Waals surface area contributed by atoms with Crippen molar-refractivity contribution >= 4 is 17.7 Å². The maximum Gasteiger partial charge on any atom is 0.573 e. The molecule has 0 bridgehead atoms. The Morgan fingerprint density at radius 1 is 0.885 bits per heavy atom. The molecule has 0 spiro atoms. The summed E-state index contributed by atoms with van der Waals surface area (Å²) in [6, 6.07) is 5.86. The first-order valence-electron chi connectivity index (χ1n) is 22.8. The summed E-state index contributed by atoms with van der Waals surface area (Å²) in [5.74, 6) is -1.21. The number of ketones is 1. The van der Waals surface area contributed by atoms with Crippen LogP contribution in [0, 0.1) is 62.6 Å². The zero-order valence-electron chi connectivity index (χ0n) is 38.6. The number of carboxylic acids is 1. The number of ether oxygens (including phenoxy) is 2. The lowest BCUT2D eigenvalue weighted by Gasteiger charge is -2.71. The minimum absolute atomic E-state index is 0.00967. The van der Waals surface area contributed by atoms with E-state index in [-0.39, 0.29) is 70.0 Å². The van der Waals surface area contributed by atoms with E-state index in [4.69, 9.17) is 4.74 Å². The van der Waals surface area contributed by atoms with Crippen molar-refractivity contribution in [3.63, 3.8) is 0 Å². The first-order valence-corrected chi connectivity index (χ1v) is 22.8. The largest absolute Gasteiger partial charge is 0.573 e. The van der Waals surface area contributed by atoms with Crippen LogP contribution in [0.2, 0.25) is 0 Å². The molecule has 0 heterocycles. The zero-order chi connectivity index (χ0) is 45.2. The number of carboxylic acid groups (broad SMARTS) is 1. The number of carbonyl (C=O) groups is 3. The van der Waals surface area contributed by atoms with Crippen LogP contribution in [0.3, 0.4) is 0 Å². The highest BCUT2D eigenvalue weighted by molar-refractivity contribution is 6.02. The number of rotatable bonds is 14. The van der Waals surface area contributed by atoms with Gasteiger partial charge in [-0.15, -0.1) is 13.2 Å². The SMILES string of the molecule is CC(C)C1=C2C(CC[C@]3(C)[C@@H]2CC[C@@H]2[C@@]4(C)CC[C@H](OC(=O)CC(C)(C)C(=O)O)C(C)(C)[C@@H]4CC[C@]23C)[C@H]([C@@H](O)CN(CCN(C)C)Cc2ccc(OC(F)(F)F)cc2)C1=O. The summed E-state index contributed by atoms with van der Waals surface area (Å²) in [6.07, 6.45) is 1.45. The quantitative estimate of drug-likeness (QED) is 0.177. The Morgan fingerprint density at radius 2 is 1.52 bits per heavy atom. The van der Waals surface area contributed by atoms with E-state index in [1.165, 1.54) is 17.7 Å². The summed E-state index contributed by atoms with van der Waals surface area (Å²) in [5.41, 5.74) is 1.51. The number of carbonyl (C=O) groups excluding carboxylic acids is 2. The van der Waals surface area contributed by atoms with Gasteiger partial charge in [-0.05, 0) is 148 Å². The molecular weight excluding hydrogens is 786 g/mol. The molecule has 2 N–H and O–H groups in total. The molecule has 342 valence electrons. The fourth-order valence-corrected chi connectivity index (χ4v) is 13.9. The van der Waals surface area contributed by atoms with Crippen molar-refractivity contribution in [2.24, 2.45) is 62.6 Å². The number of aliphatic carboxylic acids is 1. The third kappa shape index (κ3) is 8.81. The number of hydrogen-bond donors (Lipinski definition) is 2. The Morgan fingerprint density at radius 3 is 2.11 bits per heavy atom. The maximum absolute atomic E-state index is 14.8. The number of aliphatic hydroxyl groups excluding tert-OH is 1. The van der Waals surface area contributed by atoms with Gasteiger partial charge in [-0.25, -0.2) is 0 Å². The van der Waals surface area contributed by atoms with Crippen molar-refractivity contribution in [2.45, 2.75) is 145 Å². The van der Waals surface area contributed by atoms with E-state index < -0.39 is 35.7 Å². The molecule has 0 aliphatic heterocycles. The van der Waals surface area contributed by atoms with Gasteiger partial charge in [0.2, 0.25) is 0 Å². The summed E-state index contributed by atoms with van der Waals surface area (Å²) in [4.78, 5) is 43.9. The standard InChI is InChI=1S/C49H73F3N2O7/c1-29(2)39-40-32(41(42(39)57)34(55)28-54(25-24-53(10)11)27-30-12-14-31(15-13-30)61-49(50,51)52)18-22-47(8)33(40)16-17-36-46(7)21-20-37(60-38(56)26-44(3,4)43(58)59)45(5,6)35(46)19-23-48(36,47)9/h12-15,29,32-37,41,55H,16-28H2,1-11H3,(H,58,59)/t32?,33-,34+,35+,36-,37+,41-,46+,47-,48-/m1/s1. The molecule has 6 rings (SSSR count). The summed E-state index contributed by atoms with van der Waals surface area (Å²) in [7, 11) is 3.95. The van der Waals surface area contributed by atoms with Crippen molar-refractivity contribution in [2.75, 3.05) is 33.7 Å². The van der Waals surface area contributed by atoms with E-state index in [0.717, 1.165) is 62.5 Å². The third-order valence-corrected chi connectivity index (χ3v) is 17.2. The van der Waals surface area contributed by atoms with Gasteiger partial charge in [-0.1, -0.05) is 66.2 Å². The Kier molecular flexibility index (Phi) is 13.1. The monoisotopic (exact) mass is 859 g/mol. The number of nitrogens with zero attached hydrogens (tertiary/aromatic N) is 2. The van der Waals surface area contributed by atoms with Crippen LogP contribution in [-0.4, -0.2) is 90.0 Å². The topological polar surface area (TPSA) is 117 Å². The average Bonchev–Trinajstić information content (AvgIpc) is 3.44. The third-order valence-electron chi connectivity index (χ3n) is 17.2. The molecule has 12 heteroatoms. The Labute approximate surface area is 362 Å². The Hall–Kier alpha value is -2.96. The number of allylic oxidation sites excluding steroid dienone is 2. The van der Waals surface area contributed by atoms with E-state index in [1.807, 2.05) is 14.1 Å². The van der Waals surface area contributed by atoms with Crippen molar-refractivity contribution in [1.82, 2.24) is 9.80 Å². The molecule has 5 aliphatic rings. The second kappa shape index (κ2) is 16.9. The molecule has 4 fully saturated rings. The fraction of sp³-hybridized carbons (Fsp3) is 0.776. The van der Waals surface area contributed by atoms with Crippen LogP contribution in [0.4, 0.5) is 13.2 Å². The normalized spacial score (nSPS) is 34.2. The number of hydrogen-bond acceptors (Lipinski definition) is 8. The van der Waals surface area contributed by atoms with Crippen LogP contribution in [0.25, 0.3) is 0 Å². The van der Waals surface area contributed by atoms with Gasteiger partial charge >= 0.3 is 18.3 Å². The van der Waals surface area contributed by atoms with Crippen LogP contribution in [0.5, 0.6) is 5.75 Å². The molecule has 0 amide bonds. The van der Waals surface area contributed by atoms with Gasteiger partial charge in [-0.2, -0.15) is 0 Å². The summed E-state index contributed by atoms with van der Waals surface area (Å²) < 4.78 is 48.7. The van der Waals surface area contributed by atoms with E-state index in [9.17, 15) is 37.8 Å². The zero-order valence-corrected chi connectivity index (χ0v) is 38.6. The van der Waals surface area contributed by atoms with Gasteiger partial charge in [-0.3, -0.25) is 19.3 Å². The number of fused-ring (bicyclic) bond motifs is 7. The number of esters is 1. The van der Waals surface area contributed by atoms with Gasteiger partial charge in [0, 0.05) is 31.6 Å². The van der Waals surface area contributed by atoms with Crippen LogP contribution in [0.15, 0.2) is 35.4 Å². The number of alkyl halides is 3. The minimum atomic E-state index is -4.77. The molecule has 10 atom stereocenters. The predicted molar refractivity (Wildman–Crippen MR) is 228 cm³/mol. The molecule has 0 radical (unpaired) electrons. The highest BCUT2D eigenvalue weighted by Gasteiger charge is 2.69. The van der Waals surface area contributed by atoms with Crippen LogP contribution < -0.4 is 4.74 Å². The van der Waals surface area contributed by atoms with Gasteiger partial charge in [0.15, 0.2) is 5.78 Å². The molecule has 5 aliphatic carbocycles. The fourth-order valence-electron chi connectivity index (χ4n) is 13.9. The van der Waals surface area contributed by atoms with Gasteiger partial charge in [0.05, 0.1) is 23.9 Å². The molecular formula is C49H73F3N2O7. The molecule has 4 saturated carbocycles. The molecule has 61 heavy (non-hydrogen) atoms. The molecule has 1 unspecified atom stereocenters. The lowest BCUT2D eigenvalue weighted by atomic mass is 9.33. The molecule has 1 aromatic rings. The summed E-state index contributed by atoms with van der Waals surface area (Å²) in [5, 5.41) is 21.8. The average molecular weight is 859 g/mol. The highest BCUT2D eigenvalue weighted by atomic mass is 19.4. The lowest BCUT2D eigenvalue weighted by molar-refractivity contribution is -0.274. The van der Waals surface area contributed by atoms with Crippen molar-refractivity contribution in [3.8, 4) is 5.75 Å². The number of likely N-dealkylation sites (N-methyl/N-ethyl adjacent to an activating group) is 1. The van der Waals surface area contributed by atoms with Crippen molar-refractivity contribution in [3.05, 3.63) is 41.0 Å². The predicted octanol–water partition coefficient (Wildman–Crippen LogP) is 9.56. The lowest BCUT2D eigenvalue weighted by Crippen LogP contribution is -2.65. The smallest absolute Gasteiger partial charge is 0.481 e. The first-order chi connectivity index (χ1) is 28.2.